The van der Waals surface area contributed by atoms with Gasteiger partial charge in [0, 0.05) is 29.7 Å². The summed E-state index contributed by atoms with van der Waals surface area (Å²) in [5, 5.41) is 0. The molecule has 1 spiro atoms. The van der Waals surface area contributed by atoms with Crippen LogP contribution in [0.5, 0.6) is 0 Å². The van der Waals surface area contributed by atoms with Crippen LogP contribution in [0, 0.1) is 11.8 Å². The zero-order valence-corrected chi connectivity index (χ0v) is 13.3. The summed E-state index contributed by atoms with van der Waals surface area (Å²) in [5.41, 5.74) is 1.63. The van der Waals surface area contributed by atoms with Crippen molar-refractivity contribution in [2.75, 3.05) is 27.2 Å². The van der Waals surface area contributed by atoms with Gasteiger partial charge in [-0.1, -0.05) is 24.3 Å². The van der Waals surface area contributed by atoms with Gasteiger partial charge in [0.2, 0.25) is 0 Å². The Labute approximate surface area is 131 Å². The predicted octanol–water partition coefficient (Wildman–Crippen LogP) is 1.34. The SMILES string of the molecule is CN(C)CC#CC1=C[C@@H]2C[C@@]3(OC(=O)C=C13)C1CCCCN12. The molecule has 0 aromatic heterocycles. The number of hydrogen-bond acceptors (Lipinski definition) is 4. The van der Waals surface area contributed by atoms with E-state index in [1.807, 2.05) is 14.1 Å². The molecule has 0 amide bonds. The Balaban J connectivity index is 1.73. The second kappa shape index (κ2) is 4.97. The van der Waals surface area contributed by atoms with Crippen molar-refractivity contribution in [3.05, 3.63) is 23.3 Å². The monoisotopic (exact) mass is 298 g/mol. The topological polar surface area (TPSA) is 32.8 Å². The number of hydrogen-bond donors (Lipinski definition) is 0. The number of carbonyl (C=O) groups is 1. The second-order valence-electron chi connectivity index (χ2n) is 7.01. The number of fused-ring (bicyclic) bond motifs is 3. The molecule has 0 saturated carbocycles. The molecule has 4 nitrogen and oxygen atoms in total. The Bertz CT molecular complexity index is 637. The summed E-state index contributed by atoms with van der Waals surface area (Å²) in [5.74, 6) is 6.31. The number of nitrogens with zero attached hydrogens (tertiary/aromatic N) is 2. The Morgan fingerprint density at radius 1 is 1.45 bits per heavy atom. The Kier molecular flexibility index (Phi) is 3.18. The van der Waals surface area contributed by atoms with E-state index in [-0.39, 0.29) is 5.97 Å². The average molecular weight is 298 g/mol. The van der Waals surface area contributed by atoms with Gasteiger partial charge in [0.1, 0.15) is 0 Å². The normalized spacial score (nSPS) is 36.0. The smallest absolute Gasteiger partial charge is 0.332 e. The molecule has 4 heteroatoms. The van der Waals surface area contributed by atoms with Crippen molar-refractivity contribution in [3.63, 3.8) is 0 Å². The number of rotatable bonds is 1. The lowest BCUT2D eigenvalue weighted by atomic mass is 9.77. The highest BCUT2D eigenvalue weighted by molar-refractivity contribution is 5.90. The molecule has 3 atom stereocenters. The molecule has 22 heavy (non-hydrogen) atoms. The van der Waals surface area contributed by atoms with Crippen molar-refractivity contribution in [2.45, 2.75) is 43.4 Å². The maximum atomic E-state index is 12.0. The number of esters is 1. The minimum atomic E-state index is -0.418. The van der Waals surface area contributed by atoms with Gasteiger partial charge < -0.3 is 4.74 Å². The van der Waals surface area contributed by atoms with Crippen LogP contribution in [0.1, 0.15) is 25.7 Å². The van der Waals surface area contributed by atoms with Gasteiger partial charge in [0.15, 0.2) is 5.60 Å². The van der Waals surface area contributed by atoms with Gasteiger partial charge in [-0.05, 0) is 33.5 Å². The van der Waals surface area contributed by atoms with E-state index in [4.69, 9.17) is 4.74 Å². The van der Waals surface area contributed by atoms with Gasteiger partial charge >= 0.3 is 5.97 Å². The number of ether oxygens (including phenoxy) is 1. The highest BCUT2D eigenvalue weighted by Crippen LogP contribution is 2.53. The maximum absolute atomic E-state index is 12.0. The molecule has 116 valence electrons. The third kappa shape index (κ3) is 1.96. The van der Waals surface area contributed by atoms with Gasteiger partial charge in [-0.25, -0.2) is 4.79 Å². The first-order chi connectivity index (χ1) is 10.6. The highest BCUT2D eigenvalue weighted by atomic mass is 16.6. The van der Waals surface area contributed by atoms with Crippen LogP contribution in [-0.2, 0) is 9.53 Å². The summed E-state index contributed by atoms with van der Waals surface area (Å²) in [6, 6.07) is 0.713. The summed E-state index contributed by atoms with van der Waals surface area (Å²) in [4.78, 5) is 16.6. The number of piperidine rings is 1. The van der Waals surface area contributed by atoms with Gasteiger partial charge in [-0.2, -0.15) is 0 Å². The molecule has 1 aliphatic carbocycles. The lowest BCUT2D eigenvalue weighted by Gasteiger charge is -2.38. The van der Waals surface area contributed by atoms with Crippen LogP contribution in [-0.4, -0.2) is 60.6 Å². The lowest BCUT2D eigenvalue weighted by molar-refractivity contribution is -0.148. The fourth-order valence-electron chi connectivity index (χ4n) is 4.46. The molecule has 3 aliphatic heterocycles. The molecule has 2 saturated heterocycles. The van der Waals surface area contributed by atoms with Crippen LogP contribution in [0.3, 0.4) is 0 Å². The minimum absolute atomic E-state index is 0.191. The first kappa shape index (κ1) is 14.0. The zero-order chi connectivity index (χ0) is 15.3. The van der Waals surface area contributed by atoms with Crippen LogP contribution >= 0.6 is 0 Å². The molecule has 3 heterocycles. The summed E-state index contributed by atoms with van der Waals surface area (Å²) < 4.78 is 5.88. The molecule has 0 aromatic carbocycles. The van der Waals surface area contributed by atoms with Crippen LogP contribution in [0.4, 0.5) is 0 Å². The molecule has 0 N–H and O–H groups in total. The van der Waals surface area contributed by atoms with Crippen LogP contribution < -0.4 is 0 Å². The van der Waals surface area contributed by atoms with Crippen LogP contribution in [0.15, 0.2) is 23.3 Å². The third-order valence-corrected chi connectivity index (χ3v) is 5.29. The summed E-state index contributed by atoms with van der Waals surface area (Å²) in [6.45, 7) is 1.83. The Hall–Kier alpha value is -1.57. The fourth-order valence-corrected chi connectivity index (χ4v) is 4.46. The van der Waals surface area contributed by atoms with E-state index in [0.717, 1.165) is 37.1 Å². The molecule has 2 fully saturated rings. The van der Waals surface area contributed by atoms with Gasteiger partial charge in [-0.3, -0.25) is 9.80 Å². The van der Waals surface area contributed by atoms with E-state index < -0.39 is 5.60 Å². The molecular formula is C18H22N2O2. The molecular weight excluding hydrogens is 276 g/mol. The van der Waals surface area contributed by atoms with E-state index in [1.165, 1.54) is 12.8 Å². The van der Waals surface area contributed by atoms with Gasteiger partial charge in [0.25, 0.3) is 0 Å². The van der Waals surface area contributed by atoms with Gasteiger partial charge in [-0.15, -0.1) is 0 Å². The number of carbonyl (C=O) groups excluding carboxylic acids is 1. The van der Waals surface area contributed by atoms with E-state index in [9.17, 15) is 4.79 Å². The fraction of sp³-hybridized carbons (Fsp3) is 0.611. The zero-order valence-electron chi connectivity index (χ0n) is 13.3. The van der Waals surface area contributed by atoms with Crippen molar-refractivity contribution in [1.82, 2.24) is 9.80 Å². The highest BCUT2D eigenvalue weighted by Gasteiger charge is 2.61. The van der Waals surface area contributed by atoms with E-state index in [1.54, 1.807) is 6.08 Å². The van der Waals surface area contributed by atoms with Crippen LogP contribution in [0.2, 0.25) is 0 Å². The molecule has 0 aromatic rings. The molecule has 0 radical (unpaired) electrons. The minimum Gasteiger partial charge on any atom is -0.449 e. The standard InChI is InChI=1S/C18H22N2O2/c1-19(2)8-5-6-13-10-14-12-18(15(13)11-17(21)22-18)16-7-3-4-9-20(14)16/h10-11,14,16H,3-4,7-9,12H2,1-2H3/t14-,16?,18+/m1/s1. The van der Waals surface area contributed by atoms with Gasteiger partial charge in [0.05, 0.1) is 12.6 Å². The van der Waals surface area contributed by atoms with E-state index in [2.05, 4.69) is 27.7 Å². The van der Waals surface area contributed by atoms with E-state index >= 15 is 0 Å². The summed E-state index contributed by atoms with van der Waals surface area (Å²) in [7, 11) is 4.02. The first-order valence-electron chi connectivity index (χ1n) is 8.17. The van der Waals surface area contributed by atoms with Crippen molar-refractivity contribution in [1.29, 1.82) is 0 Å². The van der Waals surface area contributed by atoms with Crippen molar-refractivity contribution < 1.29 is 9.53 Å². The van der Waals surface area contributed by atoms with E-state index in [0.29, 0.717) is 12.1 Å². The Morgan fingerprint density at radius 3 is 3.14 bits per heavy atom. The summed E-state index contributed by atoms with van der Waals surface area (Å²) >= 11 is 0. The molecule has 2 bridgehead atoms. The van der Waals surface area contributed by atoms with Crippen molar-refractivity contribution >= 4 is 5.97 Å². The second-order valence-corrected chi connectivity index (χ2v) is 7.01. The molecule has 4 rings (SSSR count). The van der Waals surface area contributed by atoms with Crippen molar-refractivity contribution in [2.24, 2.45) is 0 Å². The Morgan fingerprint density at radius 2 is 2.32 bits per heavy atom. The van der Waals surface area contributed by atoms with Crippen molar-refractivity contribution in [3.8, 4) is 11.8 Å². The van der Waals surface area contributed by atoms with Crippen LogP contribution in [0.25, 0.3) is 0 Å². The lowest BCUT2D eigenvalue weighted by Crippen LogP contribution is -2.48. The largest absolute Gasteiger partial charge is 0.449 e. The first-order valence-corrected chi connectivity index (χ1v) is 8.17. The average Bonchev–Trinajstić information content (AvgIpc) is 2.96. The predicted molar refractivity (Wildman–Crippen MR) is 84.1 cm³/mol. The summed E-state index contributed by atoms with van der Waals surface area (Å²) in [6.07, 6.45) is 8.44. The molecule has 4 aliphatic rings. The maximum Gasteiger partial charge on any atom is 0.332 e. The third-order valence-electron chi connectivity index (χ3n) is 5.29. The quantitative estimate of drug-likeness (QED) is 0.540. The molecule has 1 unspecified atom stereocenters.